The predicted octanol–water partition coefficient (Wildman–Crippen LogP) is 5.67. The number of unbranched alkanes of at least 4 members (excludes halogenated alkanes) is 4. The molecule has 1 heteroatoms. The quantitative estimate of drug-likeness (QED) is 0.479. The maximum atomic E-state index is 11.7. The van der Waals surface area contributed by atoms with Gasteiger partial charge in [-0.15, -0.1) is 0 Å². The minimum atomic E-state index is 0.347. The van der Waals surface area contributed by atoms with Crippen LogP contribution in [-0.2, 0) is 24.1 Å². The van der Waals surface area contributed by atoms with E-state index in [2.05, 4.69) is 32.0 Å². The molecule has 0 fully saturated rings. The number of hydrogen-bond acceptors (Lipinski definition) is 1. The van der Waals surface area contributed by atoms with Crippen molar-refractivity contribution in [1.82, 2.24) is 0 Å². The fourth-order valence-corrected chi connectivity index (χ4v) is 2.74. The number of carbonyl (C=O) groups is 1. The SMILES string of the molecule is CCCCCc1cc(CCCCC)cc(CC(=O)CC)c1. The van der Waals surface area contributed by atoms with Crippen molar-refractivity contribution in [2.45, 2.75) is 85.0 Å². The van der Waals surface area contributed by atoms with E-state index in [0.29, 0.717) is 18.6 Å². The van der Waals surface area contributed by atoms with Crippen LogP contribution >= 0.6 is 0 Å². The van der Waals surface area contributed by atoms with Crippen LogP contribution in [0.3, 0.4) is 0 Å². The summed E-state index contributed by atoms with van der Waals surface area (Å²) in [5.74, 6) is 0.347. The molecule has 21 heavy (non-hydrogen) atoms. The van der Waals surface area contributed by atoms with Gasteiger partial charge in [0.1, 0.15) is 5.78 Å². The van der Waals surface area contributed by atoms with Gasteiger partial charge in [0, 0.05) is 12.8 Å². The van der Waals surface area contributed by atoms with Crippen LogP contribution in [0.15, 0.2) is 18.2 Å². The Morgan fingerprint density at radius 3 is 1.67 bits per heavy atom. The molecule has 0 unspecified atom stereocenters. The number of aryl methyl sites for hydroxylation is 2. The lowest BCUT2D eigenvalue weighted by molar-refractivity contribution is -0.118. The van der Waals surface area contributed by atoms with Crippen LogP contribution < -0.4 is 0 Å². The zero-order valence-corrected chi connectivity index (χ0v) is 14.2. The summed E-state index contributed by atoms with van der Waals surface area (Å²) in [5.41, 5.74) is 4.08. The van der Waals surface area contributed by atoms with Gasteiger partial charge in [-0.1, -0.05) is 64.7 Å². The lowest BCUT2D eigenvalue weighted by atomic mass is 9.96. The fourth-order valence-electron chi connectivity index (χ4n) is 2.74. The highest BCUT2D eigenvalue weighted by atomic mass is 16.1. The van der Waals surface area contributed by atoms with Gasteiger partial charge in [0.05, 0.1) is 0 Å². The third kappa shape index (κ3) is 7.45. The van der Waals surface area contributed by atoms with E-state index in [1.165, 1.54) is 55.2 Å². The average Bonchev–Trinajstić information content (AvgIpc) is 2.47. The Morgan fingerprint density at radius 2 is 1.24 bits per heavy atom. The van der Waals surface area contributed by atoms with Gasteiger partial charge in [0.2, 0.25) is 0 Å². The van der Waals surface area contributed by atoms with Crippen LogP contribution in [0.25, 0.3) is 0 Å². The zero-order chi connectivity index (χ0) is 15.5. The van der Waals surface area contributed by atoms with E-state index in [4.69, 9.17) is 0 Å². The molecule has 0 spiro atoms. The summed E-state index contributed by atoms with van der Waals surface area (Å²) in [6.45, 7) is 6.44. The Kier molecular flexibility index (Phi) is 9.05. The van der Waals surface area contributed by atoms with Gasteiger partial charge in [-0.25, -0.2) is 0 Å². The van der Waals surface area contributed by atoms with Crippen molar-refractivity contribution in [2.24, 2.45) is 0 Å². The molecule has 0 aliphatic heterocycles. The Balaban J connectivity index is 2.77. The van der Waals surface area contributed by atoms with E-state index in [1.807, 2.05) is 6.92 Å². The zero-order valence-electron chi connectivity index (χ0n) is 14.2. The van der Waals surface area contributed by atoms with Crippen molar-refractivity contribution < 1.29 is 4.79 Å². The lowest BCUT2D eigenvalue weighted by Gasteiger charge is -2.10. The van der Waals surface area contributed by atoms with E-state index in [9.17, 15) is 4.79 Å². The first-order chi connectivity index (χ1) is 10.2. The normalized spacial score (nSPS) is 10.8. The third-order valence-corrected chi connectivity index (χ3v) is 4.05. The molecule has 0 saturated carbocycles. The molecule has 0 radical (unpaired) electrons. The second-order valence-corrected chi connectivity index (χ2v) is 6.14. The Bertz CT molecular complexity index is 392. The van der Waals surface area contributed by atoms with Gasteiger partial charge in [0.15, 0.2) is 0 Å². The van der Waals surface area contributed by atoms with E-state index in [1.54, 1.807) is 0 Å². The van der Waals surface area contributed by atoms with E-state index in [0.717, 1.165) is 12.8 Å². The van der Waals surface area contributed by atoms with Crippen molar-refractivity contribution in [1.29, 1.82) is 0 Å². The summed E-state index contributed by atoms with van der Waals surface area (Å²) in [7, 11) is 0. The molecule has 0 atom stereocenters. The highest BCUT2D eigenvalue weighted by Crippen LogP contribution is 2.17. The van der Waals surface area contributed by atoms with Gasteiger partial charge in [-0.2, -0.15) is 0 Å². The molecule has 0 saturated heterocycles. The molecule has 0 aliphatic carbocycles. The summed E-state index contributed by atoms with van der Waals surface area (Å²) in [5, 5.41) is 0. The van der Waals surface area contributed by atoms with Gasteiger partial charge in [-0.05, 0) is 42.4 Å². The fraction of sp³-hybridized carbons (Fsp3) is 0.650. The molecule has 1 rings (SSSR count). The molecule has 1 aromatic rings. The third-order valence-electron chi connectivity index (χ3n) is 4.05. The van der Waals surface area contributed by atoms with Crippen molar-refractivity contribution >= 4 is 5.78 Å². The first-order valence-electron chi connectivity index (χ1n) is 8.83. The summed E-state index contributed by atoms with van der Waals surface area (Å²) in [6, 6.07) is 6.88. The second-order valence-electron chi connectivity index (χ2n) is 6.14. The van der Waals surface area contributed by atoms with Crippen molar-refractivity contribution in [3.63, 3.8) is 0 Å². The van der Waals surface area contributed by atoms with Gasteiger partial charge in [-0.3, -0.25) is 4.79 Å². The number of carbonyl (C=O) groups excluding carboxylic acids is 1. The Morgan fingerprint density at radius 1 is 0.762 bits per heavy atom. The van der Waals surface area contributed by atoms with E-state index in [-0.39, 0.29) is 0 Å². The van der Waals surface area contributed by atoms with E-state index >= 15 is 0 Å². The molecule has 0 amide bonds. The minimum Gasteiger partial charge on any atom is -0.299 e. The number of benzene rings is 1. The summed E-state index contributed by atoms with van der Waals surface area (Å²) in [4.78, 5) is 11.7. The molecule has 1 aromatic carbocycles. The standard InChI is InChI=1S/C20H32O/c1-4-7-9-11-17-13-18(12-10-8-5-2)15-19(14-17)16-20(21)6-3/h13-15H,4-12,16H2,1-3H3. The van der Waals surface area contributed by atoms with Crippen LogP contribution in [0, 0.1) is 0 Å². The highest BCUT2D eigenvalue weighted by Gasteiger charge is 2.05. The molecule has 0 N–H and O–H groups in total. The van der Waals surface area contributed by atoms with Crippen molar-refractivity contribution in [3.8, 4) is 0 Å². The monoisotopic (exact) mass is 288 g/mol. The summed E-state index contributed by atoms with van der Waals surface area (Å²) >= 11 is 0. The molecule has 0 aliphatic rings. The number of Topliss-reactive ketones (excluding diaryl/α,β-unsaturated/α-hetero) is 1. The van der Waals surface area contributed by atoms with Crippen LogP contribution in [0.4, 0.5) is 0 Å². The van der Waals surface area contributed by atoms with Gasteiger partial charge in [0.25, 0.3) is 0 Å². The highest BCUT2D eigenvalue weighted by molar-refractivity contribution is 5.80. The lowest BCUT2D eigenvalue weighted by Crippen LogP contribution is -2.02. The largest absolute Gasteiger partial charge is 0.299 e. The van der Waals surface area contributed by atoms with Crippen molar-refractivity contribution in [3.05, 3.63) is 34.9 Å². The van der Waals surface area contributed by atoms with Crippen LogP contribution in [-0.4, -0.2) is 5.78 Å². The first-order valence-corrected chi connectivity index (χ1v) is 8.83. The molecule has 118 valence electrons. The Hall–Kier alpha value is -1.11. The van der Waals surface area contributed by atoms with Gasteiger partial charge < -0.3 is 0 Å². The first kappa shape index (κ1) is 17.9. The van der Waals surface area contributed by atoms with Crippen LogP contribution in [0.2, 0.25) is 0 Å². The molecular weight excluding hydrogens is 256 g/mol. The molecule has 1 nitrogen and oxygen atoms in total. The van der Waals surface area contributed by atoms with Gasteiger partial charge >= 0.3 is 0 Å². The number of rotatable bonds is 11. The van der Waals surface area contributed by atoms with Crippen LogP contribution in [0.5, 0.6) is 0 Å². The second kappa shape index (κ2) is 10.6. The topological polar surface area (TPSA) is 17.1 Å². The maximum absolute atomic E-state index is 11.7. The average molecular weight is 288 g/mol. The number of ketones is 1. The van der Waals surface area contributed by atoms with Crippen LogP contribution in [0.1, 0.15) is 82.4 Å². The molecule has 0 aromatic heterocycles. The predicted molar refractivity (Wildman–Crippen MR) is 91.9 cm³/mol. The maximum Gasteiger partial charge on any atom is 0.136 e. The molecule has 0 bridgehead atoms. The van der Waals surface area contributed by atoms with Crippen molar-refractivity contribution in [2.75, 3.05) is 0 Å². The minimum absolute atomic E-state index is 0.347. The number of hydrogen-bond donors (Lipinski definition) is 0. The molecule has 0 heterocycles. The molecular formula is C20H32O. The summed E-state index contributed by atoms with van der Waals surface area (Å²) < 4.78 is 0. The van der Waals surface area contributed by atoms with E-state index < -0.39 is 0 Å². The Labute approximate surface area is 131 Å². The summed E-state index contributed by atoms with van der Waals surface area (Å²) in [6.07, 6.45) is 11.2. The smallest absolute Gasteiger partial charge is 0.136 e.